The molecule has 10 nitrogen and oxygen atoms in total. The number of benzene rings is 1. The van der Waals surface area contributed by atoms with Gasteiger partial charge in [0.2, 0.25) is 11.6 Å². The van der Waals surface area contributed by atoms with Crippen LogP contribution >= 0.6 is 11.6 Å². The lowest BCUT2D eigenvalue weighted by Gasteiger charge is -2.08. The number of halogens is 1. The van der Waals surface area contributed by atoms with E-state index in [9.17, 15) is 4.79 Å². The van der Waals surface area contributed by atoms with Gasteiger partial charge < -0.3 is 5.73 Å². The number of hydrazone groups is 1. The molecule has 0 saturated heterocycles. The Bertz CT molecular complexity index is 945. The molecule has 134 valence electrons. The number of amides is 1. The molecule has 0 radical (unpaired) electrons. The maximum absolute atomic E-state index is 12.4. The Kier molecular flexibility index (Phi) is 4.94. The molecule has 0 saturated carbocycles. The molecule has 1 amide bonds. The van der Waals surface area contributed by atoms with E-state index in [0.717, 1.165) is 5.56 Å². The number of anilines is 1. The molecule has 3 N–H and O–H groups in total. The Balaban J connectivity index is 1.82. The van der Waals surface area contributed by atoms with Crippen molar-refractivity contribution in [1.29, 1.82) is 0 Å². The zero-order valence-corrected chi connectivity index (χ0v) is 14.7. The molecule has 11 heteroatoms. The molecule has 0 bridgehead atoms. The number of nitrogens with zero attached hydrogens (tertiary/aromatic N) is 6. The average Bonchev–Trinajstić information content (AvgIpc) is 3.22. The van der Waals surface area contributed by atoms with Crippen molar-refractivity contribution in [2.75, 3.05) is 5.73 Å². The number of aromatic nitrogens is 5. The van der Waals surface area contributed by atoms with E-state index in [1.165, 1.54) is 10.9 Å². The van der Waals surface area contributed by atoms with Crippen molar-refractivity contribution >= 4 is 29.5 Å². The van der Waals surface area contributed by atoms with Gasteiger partial charge in [-0.1, -0.05) is 42.8 Å². The van der Waals surface area contributed by atoms with Crippen LogP contribution in [0.4, 0.5) is 5.82 Å². The van der Waals surface area contributed by atoms with Gasteiger partial charge in [-0.2, -0.15) is 9.78 Å². The van der Waals surface area contributed by atoms with Gasteiger partial charge in [0.1, 0.15) is 0 Å². The van der Waals surface area contributed by atoms with Crippen molar-refractivity contribution in [1.82, 2.24) is 30.7 Å². The molecule has 0 aliphatic rings. The smallest absolute Gasteiger partial charge is 0.293 e. The van der Waals surface area contributed by atoms with Crippen LogP contribution in [0.5, 0.6) is 0 Å². The molecule has 0 fully saturated rings. The fourth-order valence-electron chi connectivity index (χ4n) is 2.23. The first-order valence-corrected chi connectivity index (χ1v) is 7.98. The first-order valence-electron chi connectivity index (χ1n) is 7.60. The zero-order valence-electron chi connectivity index (χ0n) is 13.9. The number of carbonyl (C=O) groups excluding carboxylic acids is 1. The minimum Gasteiger partial charge on any atom is -0.378 e. The van der Waals surface area contributed by atoms with Crippen molar-refractivity contribution in [3.05, 3.63) is 46.2 Å². The SMILES string of the molecule is CC(C)c1c(C(=O)NN=Cc2ccc(Cl)cc2)nnn1-c1nonc1N. The first kappa shape index (κ1) is 17.5. The molecule has 3 rings (SSSR count). The van der Waals surface area contributed by atoms with Crippen LogP contribution in [0.3, 0.4) is 0 Å². The number of nitrogen functional groups attached to an aromatic ring is 1. The van der Waals surface area contributed by atoms with E-state index < -0.39 is 5.91 Å². The number of rotatable bonds is 5. The number of carbonyl (C=O) groups is 1. The molecule has 0 unspecified atom stereocenters. The van der Waals surface area contributed by atoms with E-state index in [4.69, 9.17) is 17.3 Å². The summed E-state index contributed by atoms with van der Waals surface area (Å²) in [6, 6.07) is 7.00. The monoisotopic (exact) mass is 374 g/mol. The van der Waals surface area contributed by atoms with E-state index >= 15 is 0 Å². The molecule has 1 aromatic carbocycles. The topological polar surface area (TPSA) is 137 Å². The third kappa shape index (κ3) is 3.54. The quantitative estimate of drug-likeness (QED) is 0.512. The van der Waals surface area contributed by atoms with Crippen LogP contribution in [-0.2, 0) is 0 Å². The van der Waals surface area contributed by atoms with Crippen LogP contribution < -0.4 is 11.2 Å². The summed E-state index contributed by atoms with van der Waals surface area (Å²) in [6.07, 6.45) is 1.49. The predicted octanol–water partition coefficient (Wildman–Crippen LogP) is 1.77. The summed E-state index contributed by atoms with van der Waals surface area (Å²) in [5, 5.41) is 19.6. The van der Waals surface area contributed by atoms with Gasteiger partial charge in [-0.15, -0.1) is 5.10 Å². The Morgan fingerprint density at radius 3 is 2.69 bits per heavy atom. The molecule has 2 aromatic heterocycles. The maximum Gasteiger partial charge on any atom is 0.293 e. The van der Waals surface area contributed by atoms with Crippen LogP contribution in [0.2, 0.25) is 5.02 Å². The fourth-order valence-corrected chi connectivity index (χ4v) is 2.36. The largest absolute Gasteiger partial charge is 0.378 e. The van der Waals surface area contributed by atoms with Crippen molar-refractivity contribution in [3.63, 3.8) is 0 Å². The van der Waals surface area contributed by atoms with E-state index in [0.29, 0.717) is 10.7 Å². The summed E-state index contributed by atoms with van der Waals surface area (Å²) in [5.74, 6) is -0.392. The standard InChI is InChI=1S/C15H15ClN8O2/c1-8(2)12-11(19-23-24(12)14-13(17)21-26-22-14)15(25)20-18-7-9-3-5-10(16)6-4-9/h3-8H,1-2H3,(H2,17,21)(H,20,25). The van der Waals surface area contributed by atoms with Gasteiger partial charge in [-0.3, -0.25) is 4.79 Å². The Morgan fingerprint density at radius 2 is 2.08 bits per heavy atom. The highest BCUT2D eigenvalue weighted by molar-refractivity contribution is 6.30. The Morgan fingerprint density at radius 1 is 1.35 bits per heavy atom. The maximum atomic E-state index is 12.4. The summed E-state index contributed by atoms with van der Waals surface area (Å²) in [5.41, 5.74) is 9.51. The lowest BCUT2D eigenvalue weighted by atomic mass is 10.1. The fraction of sp³-hybridized carbons (Fsp3) is 0.200. The molecular weight excluding hydrogens is 360 g/mol. The lowest BCUT2D eigenvalue weighted by Crippen LogP contribution is -2.21. The van der Waals surface area contributed by atoms with Gasteiger partial charge in [0.05, 0.1) is 11.9 Å². The molecule has 2 heterocycles. The zero-order chi connectivity index (χ0) is 18.7. The summed E-state index contributed by atoms with van der Waals surface area (Å²) >= 11 is 5.82. The molecule has 26 heavy (non-hydrogen) atoms. The Hall–Kier alpha value is -3.27. The molecular formula is C15H15ClN8O2. The van der Waals surface area contributed by atoms with Crippen LogP contribution in [0, 0.1) is 0 Å². The highest BCUT2D eigenvalue weighted by Crippen LogP contribution is 2.22. The minimum absolute atomic E-state index is 0.0458. The van der Waals surface area contributed by atoms with Gasteiger partial charge in [-0.25, -0.2) is 10.1 Å². The second-order valence-corrected chi connectivity index (χ2v) is 6.05. The van der Waals surface area contributed by atoms with Crippen LogP contribution in [0.25, 0.3) is 5.82 Å². The number of hydrogen-bond donors (Lipinski definition) is 2. The molecule has 0 aliphatic heterocycles. The highest BCUT2D eigenvalue weighted by atomic mass is 35.5. The predicted molar refractivity (Wildman–Crippen MR) is 94.2 cm³/mol. The average molecular weight is 375 g/mol. The van der Waals surface area contributed by atoms with Crippen LogP contribution in [0.15, 0.2) is 34.0 Å². The third-order valence-corrected chi connectivity index (χ3v) is 3.66. The van der Waals surface area contributed by atoms with Gasteiger partial charge in [0, 0.05) is 5.02 Å². The van der Waals surface area contributed by atoms with Crippen molar-refractivity contribution in [3.8, 4) is 5.82 Å². The van der Waals surface area contributed by atoms with Gasteiger partial charge >= 0.3 is 0 Å². The van der Waals surface area contributed by atoms with E-state index in [-0.39, 0.29) is 23.2 Å². The first-order chi connectivity index (χ1) is 12.5. The molecule has 0 aliphatic carbocycles. The second kappa shape index (κ2) is 7.31. The number of hydrogen-bond acceptors (Lipinski definition) is 8. The number of nitrogens with two attached hydrogens (primary N) is 1. The summed E-state index contributed by atoms with van der Waals surface area (Å²) in [7, 11) is 0. The molecule has 0 atom stereocenters. The molecule has 3 aromatic rings. The Labute approximate surface area is 153 Å². The van der Waals surface area contributed by atoms with Crippen LogP contribution in [0.1, 0.15) is 41.5 Å². The second-order valence-electron chi connectivity index (χ2n) is 5.61. The van der Waals surface area contributed by atoms with Crippen LogP contribution in [-0.4, -0.2) is 37.4 Å². The van der Waals surface area contributed by atoms with Crippen molar-refractivity contribution in [2.45, 2.75) is 19.8 Å². The number of nitrogens with one attached hydrogen (secondary N) is 1. The van der Waals surface area contributed by atoms with Gasteiger partial charge in [0.25, 0.3) is 5.91 Å². The molecule has 0 spiro atoms. The van der Waals surface area contributed by atoms with Crippen molar-refractivity contribution in [2.24, 2.45) is 5.10 Å². The highest BCUT2D eigenvalue weighted by Gasteiger charge is 2.25. The van der Waals surface area contributed by atoms with E-state index in [1.54, 1.807) is 24.3 Å². The minimum atomic E-state index is -0.514. The van der Waals surface area contributed by atoms with Gasteiger partial charge in [0.15, 0.2) is 5.69 Å². The summed E-state index contributed by atoms with van der Waals surface area (Å²) in [6.45, 7) is 3.76. The lowest BCUT2D eigenvalue weighted by molar-refractivity contribution is 0.0948. The van der Waals surface area contributed by atoms with Gasteiger partial charge in [-0.05, 0) is 33.9 Å². The summed E-state index contributed by atoms with van der Waals surface area (Å²) in [4.78, 5) is 12.4. The normalized spacial score (nSPS) is 11.4. The van der Waals surface area contributed by atoms with E-state index in [1.807, 2.05) is 13.8 Å². The van der Waals surface area contributed by atoms with E-state index in [2.05, 4.69) is 35.8 Å². The summed E-state index contributed by atoms with van der Waals surface area (Å²) < 4.78 is 5.91. The van der Waals surface area contributed by atoms with Crippen molar-refractivity contribution < 1.29 is 9.42 Å². The third-order valence-electron chi connectivity index (χ3n) is 3.41.